The quantitative estimate of drug-likeness (QED) is 0.913. The number of ether oxygens (including phenoxy) is 1. The van der Waals surface area contributed by atoms with Gasteiger partial charge in [-0.15, -0.1) is 0 Å². The van der Waals surface area contributed by atoms with Gasteiger partial charge in [-0.05, 0) is 49.4 Å². The monoisotopic (exact) mass is 284 g/mol. The zero-order chi connectivity index (χ0) is 14.7. The van der Waals surface area contributed by atoms with Gasteiger partial charge in [-0.3, -0.25) is 4.98 Å². The molecule has 1 saturated heterocycles. The highest BCUT2D eigenvalue weighted by atomic mass is 16.5. The number of nitrogens with zero attached hydrogens (tertiary/aromatic N) is 1. The molecule has 2 aromatic rings. The van der Waals surface area contributed by atoms with Crippen molar-refractivity contribution in [2.75, 3.05) is 13.2 Å². The second-order valence-corrected chi connectivity index (χ2v) is 5.98. The molecule has 1 aromatic heterocycles. The van der Waals surface area contributed by atoms with Crippen LogP contribution in [0, 0.1) is 12.8 Å². The van der Waals surface area contributed by atoms with Crippen LogP contribution in [0.2, 0.25) is 0 Å². The summed E-state index contributed by atoms with van der Waals surface area (Å²) in [4.78, 5) is 4.54. The van der Waals surface area contributed by atoms with Gasteiger partial charge < -0.3 is 10.1 Å². The van der Waals surface area contributed by atoms with Crippen molar-refractivity contribution >= 4 is 10.9 Å². The van der Waals surface area contributed by atoms with E-state index in [9.17, 15) is 0 Å². The van der Waals surface area contributed by atoms with Crippen LogP contribution >= 0.6 is 0 Å². The van der Waals surface area contributed by atoms with Gasteiger partial charge in [0.05, 0.1) is 11.6 Å². The largest absolute Gasteiger partial charge is 0.378 e. The first-order chi connectivity index (χ1) is 10.3. The summed E-state index contributed by atoms with van der Waals surface area (Å²) in [5.74, 6) is 0.666. The van der Waals surface area contributed by atoms with E-state index in [1.54, 1.807) is 0 Å². The first-order valence-corrected chi connectivity index (χ1v) is 7.95. The lowest BCUT2D eigenvalue weighted by atomic mass is 9.99. The lowest BCUT2D eigenvalue weighted by Gasteiger charge is -2.17. The molecule has 3 rings (SSSR count). The third kappa shape index (κ3) is 3.42. The average Bonchev–Trinajstić information content (AvgIpc) is 2.95. The predicted molar refractivity (Wildman–Crippen MR) is 86.3 cm³/mol. The van der Waals surface area contributed by atoms with Crippen molar-refractivity contribution in [2.45, 2.75) is 39.3 Å². The first-order valence-electron chi connectivity index (χ1n) is 7.95. The molecule has 1 aliphatic rings. The summed E-state index contributed by atoms with van der Waals surface area (Å²) < 4.78 is 5.74. The van der Waals surface area contributed by atoms with Crippen LogP contribution in [0.3, 0.4) is 0 Å². The lowest BCUT2D eigenvalue weighted by molar-refractivity contribution is 0.0872. The molecule has 0 spiro atoms. The summed E-state index contributed by atoms with van der Waals surface area (Å²) in [6.07, 6.45) is 2.75. The number of aryl methyl sites for hydroxylation is 1. The highest BCUT2D eigenvalue weighted by Gasteiger charge is 2.25. The Morgan fingerprint density at radius 3 is 3.05 bits per heavy atom. The molecule has 1 aliphatic heterocycles. The number of hydrogen-bond donors (Lipinski definition) is 1. The van der Waals surface area contributed by atoms with Gasteiger partial charge in [0.2, 0.25) is 0 Å². The zero-order valence-electron chi connectivity index (χ0n) is 12.9. The molecule has 3 nitrogen and oxygen atoms in total. The summed E-state index contributed by atoms with van der Waals surface area (Å²) in [6.45, 7) is 7.12. The minimum atomic E-state index is 0.446. The topological polar surface area (TPSA) is 34.1 Å². The van der Waals surface area contributed by atoms with Gasteiger partial charge in [-0.1, -0.05) is 19.1 Å². The van der Waals surface area contributed by atoms with Gasteiger partial charge >= 0.3 is 0 Å². The van der Waals surface area contributed by atoms with Crippen LogP contribution < -0.4 is 5.32 Å². The predicted octanol–water partition coefficient (Wildman–Crippen LogP) is 3.45. The van der Waals surface area contributed by atoms with Crippen LogP contribution in [0.4, 0.5) is 0 Å². The SMILES string of the molecule is CCC1OCCC1CNCc1ccc2nc(C)ccc2c1. The molecule has 0 saturated carbocycles. The highest BCUT2D eigenvalue weighted by Crippen LogP contribution is 2.22. The standard InChI is InChI=1S/C18H24N2O/c1-3-18-16(8-9-21-18)12-19-11-14-5-7-17-15(10-14)6-4-13(2)20-17/h4-7,10,16,18-19H,3,8-9,11-12H2,1-2H3. The van der Waals surface area contributed by atoms with Crippen LogP contribution in [0.25, 0.3) is 10.9 Å². The Balaban J connectivity index is 1.59. The number of hydrogen-bond acceptors (Lipinski definition) is 3. The number of nitrogens with one attached hydrogen (secondary N) is 1. The molecule has 2 heterocycles. The molecular weight excluding hydrogens is 260 g/mol. The van der Waals surface area contributed by atoms with Crippen LogP contribution in [-0.4, -0.2) is 24.2 Å². The Bertz CT molecular complexity index is 611. The molecule has 2 atom stereocenters. The number of fused-ring (bicyclic) bond motifs is 1. The molecule has 1 aromatic carbocycles. The van der Waals surface area contributed by atoms with Crippen molar-refractivity contribution in [2.24, 2.45) is 5.92 Å². The van der Waals surface area contributed by atoms with Crippen molar-refractivity contribution in [1.82, 2.24) is 10.3 Å². The van der Waals surface area contributed by atoms with E-state index in [0.717, 1.165) is 37.3 Å². The third-order valence-electron chi connectivity index (χ3n) is 4.38. The summed E-state index contributed by atoms with van der Waals surface area (Å²) in [5, 5.41) is 4.80. The van der Waals surface area contributed by atoms with Crippen LogP contribution in [0.15, 0.2) is 30.3 Å². The van der Waals surface area contributed by atoms with E-state index < -0.39 is 0 Å². The van der Waals surface area contributed by atoms with Gasteiger partial charge in [0.15, 0.2) is 0 Å². The molecule has 1 N–H and O–H groups in total. The van der Waals surface area contributed by atoms with E-state index in [2.05, 4.69) is 47.6 Å². The normalized spacial score (nSPS) is 22.0. The second-order valence-electron chi connectivity index (χ2n) is 5.98. The van der Waals surface area contributed by atoms with Crippen LogP contribution in [0.1, 0.15) is 31.0 Å². The number of aromatic nitrogens is 1. The molecule has 0 aliphatic carbocycles. The fourth-order valence-electron chi connectivity index (χ4n) is 3.17. The van der Waals surface area contributed by atoms with E-state index in [1.807, 2.05) is 6.92 Å². The lowest BCUT2D eigenvalue weighted by Crippen LogP contribution is -2.27. The third-order valence-corrected chi connectivity index (χ3v) is 4.38. The molecule has 112 valence electrons. The van der Waals surface area contributed by atoms with E-state index in [0.29, 0.717) is 12.0 Å². The minimum absolute atomic E-state index is 0.446. The van der Waals surface area contributed by atoms with E-state index >= 15 is 0 Å². The molecule has 1 fully saturated rings. The average molecular weight is 284 g/mol. The van der Waals surface area contributed by atoms with Gasteiger partial charge in [-0.25, -0.2) is 0 Å². The Kier molecular flexibility index (Phi) is 4.51. The summed E-state index contributed by atoms with van der Waals surface area (Å²) in [7, 11) is 0. The van der Waals surface area contributed by atoms with Gasteiger partial charge in [0.1, 0.15) is 0 Å². The first kappa shape index (κ1) is 14.5. The Morgan fingerprint density at radius 2 is 2.19 bits per heavy atom. The maximum atomic E-state index is 5.74. The van der Waals surface area contributed by atoms with Crippen molar-refractivity contribution in [3.8, 4) is 0 Å². The number of benzene rings is 1. The van der Waals surface area contributed by atoms with Gasteiger partial charge in [-0.2, -0.15) is 0 Å². The summed E-state index contributed by atoms with van der Waals surface area (Å²) in [5.41, 5.74) is 3.47. The molecule has 0 amide bonds. The Labute approximate surface area is 126 Å². The second kappa shape index (κ2) is 6.54. The van der Waals surface area contributed by atoms with Gasteiger partial charge in [0.25, 0.3) is 0 Å². The Hall–Kier alpha value is -1.45. The maximum absolute atomic E-state index is 5.74. The fourth-order valence-corrected chi connectivity index (χ4v) is 3.17. The number of pyridine rings is 1. The van der Waals surface area contributed by atoms with Crippen molar-refractivity contribution in [3.63, 3.8) is 0 Å². The minimum Gasteiger partial charge on any atom is -0.378 e. The van der Waals surface area contributed by atoms with E-state index in [1.165, 1.54) is 17.4 Å². The molecule has 0 radical (unpaired) electrons. The summed E-state index contributed by atoms with van der Waals surface area (Å²) >= 11 is 0. The van der Waals surface area contributed by atoms with Crippen LogP contribution in [-0.2, 0) is 11.3 Å². The van der Waals surface area contributed by atoms with E-state index in [4.69, 9.17) is 4.74 Å². The summed E-state index contributed by atoms with van der Waals surface area (Å²) in [6, 6.07) is 10.7. The molecular formula is C18H24N2O. The number of rotatable bonds is 5. The van der Waals surface area contributed by atoms with E-state index in [-0.39, 0.29) is 0 Å². The molecule has 3 heteroatoms. The van der Waals surface area contributed by atoms with Crippen molar-refractivity contribution in [1.29, 1.82) is 0 Å². The molecule has 2 unspecified atom stereocenters. The zero-order valence-corrected chi connectivity index (χ0v) is 12.9. The molecule has 21 heavy (non-hydrogen) atoms. The fraction of sp³-hybridized carbons (Fsp3) is 0.500. The molecule has 0 bridgehead atoms. The van der Waals surface area contributed by atoms with Crippen molar-refractivity contribution in [3.05, 3.63) is 41.6 Å². The Morgan fingerprint density at radius 1 is 1.29 bits per heavy atom. The smallest absolute Gasteiger partial charge is 0.0705 e. The van der Waals surface area contributed by atoms with Crippen molar-refractivity contribution < 1.29 is 4.74 Å². The highest BCUT2D eigenvalue weighted by molar-refractivity contribution is 5.79. The van der Waals surface area contributed by atoms with Gasteiger partial charge in [0, 0.05) is 30.8 Å². The van der Waals surface area contributed by atoms with Crippen LogP contribution in [0.5, 0.6) is 0 Å². The maximum Gasteiger partial charge on any atom is 0.0705 e.